The molecule has 1 aromatic carbocycles. The van der Waals surface area contributed by atoms with Gasteiger partial charge in [0.2, 0.25) is 5.91 Å². The lowest BCUT2D eigenvalue weighted by molar-refractivity contribution is -0.113. The maximum Gasteiger partial charge on any atom is 0.236 e. The highest BCUT2D eigenvalue weighted by Crippen LogP contribution is 2.25. The van der Waals surface area contributed by atoms with Crippen LogP contribution in [0.3, 0.4) is 0 Å². The highest BCUT2D eigenvalue weighted by Gasteiger charge is 2.15. The Morgan fingerprint density at radius 3 is 2.73 bits per heavy atom. The Balaban J connectivity index is 1.70. The van der Waals surface area contributed by atoms with Crippen molar-refractivity contribution in [2.24, 2.45) is 0 Å². The number of anilines is 1. The second kappa shape index (κ2) is 8.29. The molecule has 0 bridgehead atoms. The zero-order valence-electron chi connectivity index (χ0n) is 14.6. The van der Waals surface area contributed by atoms with Crippen LogP contribution in [0.2, 0.25) is 0 Å². The van der Waals surface area contributed by atoms with E-state index in [4.69, 9.17) is 0 Å². The first-order valence-electron chi connectivity index (χ1n) is 8.04. The van der Waals surface area contributed by atoms with E-state index in [1.165, 1.54) is 23.1 Å². The van der Waals surface area contributed by atoms with Gasteiger partial charge < -0.3 is 5.32 Å². The van der Waals surface area contributed by atoms with Crippen LogP contribution in [0.15, 0.2) is 48.1 Å². The number of aryl methyl sites for hydroxylation is 2. The fourth-order valence-corrected chi connectivity index (χ4v) is 3.88. The maximum absolute atomic E-state index is 12.2. The number of amides is 1. The van der Waals surface area contributed by atoms with Gasteiger partial charge in [0.25, 0.3) is 0 Å². The van der Waals surface area contributed by atoms with Gasteiger partial charge in [-0.25, -0.2) is 4.98 Å². The van der Waals surface area contributed by atoms with E-state index >= 15 is 0 Å². The molecule has 1 amide bonds. The molecule has 2 heterocycles. The van der Waals surface area contributed by atoms with E-state index in [0.29, 0.717) is 16.8 Å². The number of carbonyl (C=O) groups is 1. The van der Waals surface area contributed by atoms with Crippen molar-refractivity contribution in [2.45, 2.75) is 25.5 Å². The van der Waals surface area contributed by atoms with Crippen LogP contribution in [0.1, 0.15) is 10.6 Å². The van der Waals surface area contributed by atoms with E-state index in [1.54, 1.807) is 6.08 Å². The van der Waals surface area contributed by atoms with E-state index in [1.807, 2.05) is 48.7 Å². The number of nitrogens with one attached hydrogen (secondary N) is 1. The Morgan fingerprint density at radius 2 is 2.08 bits per heavy atom. The summed E-state index contributed by atoms with van der Waals surface area (Å²) in [5, 5.41) is 12.7. The van der Waals surface area contributed by atoms with Gasteiger partial charge in [0, 0.05) is 17.0 Å². The van der Waals surface area contributed by atoms with Crippen LogP contribution in [-0.4, -0.2) is 31.4 Å². The predicted octanol–water partition coefficient (Wildman–Crippen LogP) is 3.94. The Bertz CT molecular complexity index is 898. The summed E-state index contributed by atoms with van der Waals surface area (Å²) in [6.45, 7) is 8.29. The first-order chi connectivity index (χ1) is 12.6. The molecule has 0 fully saturated rings. The van der Waals surface area contributed by atoms with E-state index in [0.717, 1.165) is 22.0 Å². The summed E-state index contributed by atoms with van der Waals surface area (Å²) in [7, 11) is 0. The third-order valence-electron chi connectivity index (χ3n) is 3.67. The molecule has 0 aliphatic rings. The van der Waals surface area contributed by atoms with Crippen LogP contribution in [-0.2, 0) is 11.3 Å². The Kier molecular flexibility index (Phi) is 5.85. The van der Waals surface area contributed by atoms with Gasteiger partial charge in [-0.05, 0) is 13.8 Å². The molecule has 0 unspecified atom stereocenters. The number of thioether (sulfide) groups is 1. The summed E-state index contributed by atoms with van der Waals surface area (Å²) in [5.74, 6) is 0.889. The number of rotatable bonds is 7. The van der Waals surface area contributed by atoms with Gasteiger partial charge in [-0.15, -0.1) is 28.1 Å². The first-order valence-corrected chi connectivity index (χ1v) is 9.85. The number of nitrogens with zero attached hydrogens (tertiary/aromatic N) is 4. The largest absolute Gasteiger partial charge is 0.301 e. The molecular formula is C18H19N5OS2. The zero-order chi connectivity index (χ0) is 18.5. The third-order valence-corrected chi connectivity index (χ3v) is 5.62. The van der Waals surface area contributed by atoms with Crippen molar-refractivity contribution in [3.8, 4) is 11.4 Å². The molecule has 0 atom stereocenters. The molecule has 3 rings (SSSR count). The standard InChI is InChI=1S/C18H19N5OS2/c1-4-10-23-16(14-8-6-5-7-9-14)21-22-18(23)25-11-15(24)20-17-19-12(2)13(3)26-17/h4-9H,1,10-11H2,2-3H3,(H,19,20,24). The lowest BCUT2D eigenvalue weighted by Crippen LogP contribution is -2.14. The molecule has 1 N–H and O–H groups in total. The Hall–Kier alpha value is -2.45. The monoisotopic (exact) mass is 385 g/mol. The van der Waals surface area contributed by atoms with Crippen molar-refractivity contribution in [1.29, 1.82) is 0 Å². The van der Waals surface area contributed by atoms with Crippen molar-refractivity contribution in [1.82, 2.24) is 19.7 Å². The highest BCUT2D eigenvalue weighted by molar-refractivity contribution is 7.99. The van der Waals surface area contributed by atoms with Crippen molar-refractivity contribution in [3.05, 3.63) is 53.6 Å². The highest BCUT2D eigenvalue weighted by atomic mass is 32.2. The molecule has 0 aliphatic heterocycles. The minimum absolute atomic E-state index is 0.113. The lowest BCUT2D eigenvalue weighted by Gasteiger charge is -2.07. The van der Waals surface area contributed by atoms with Crippen LogP contribution in [0, 0.1) is 13.8 Å². The van der Waals surface area contributed by atoms with E-state index in [2.05, 4.69) is 27.1 Å². The molecule has 0 radical (unpaired) electrons. The van der Waals surface area contributed by atoms with Gasteiger partial charge in [-0.1, -0.05) is 48.2 Å². The number of carbonyl (C=O) groups excluding carboxylic acids is 1. The Labute approximate surface area is 160 Å². The number of hydrogen-bond acceptors (Lipinski definition) is 6. The summed E-state index contributed by atoms with van der Waals surface area (Å²) < 4.78 is 1.96. The molecular weight excluding hydrogens is 366 g/mol. The van der Waals surface area contributed by atoms with E-state index in [9.17, 15) is 4.79 Å². The van der Waals surface area contributed by atoms with Crippen LogP contribution in [0.25, 0.3) is 11.4 Å². The fourth-order valence-electron chi connectivity index (χ4n) is 2.30. The van der Waals surface area contributed by atoms with Crippen molar-refractivity contribution >= 4 is 34.1 Å². The molecule has 0 spiro atoms. The van der Waals surface area contributed by atoms with Gasteiger partial charge in [-0.3, -0.25) is 9.36 Å². The first kappa shape index (κ1) is 18.3. The molecule has 2 aromatic heterocycles. The number of thiazole rings is 1. The van der Waals surface area contributed by atoms with Crippen molar-refractivity contribution in [3.63, 3.8) is 0 Å². The molecule has 6 nitrogen and oxygen atoms in total. The van der Waals surface area contributed by atoms with Crippen molar-refractivity contribution < 1.29 is 4.79 Å². The molecule has 8 heteroatoms. The van der Waals surface area contributed by atoms with Crippen LogP contribution in [0.4, 0.5) is 5.13 Å². The van der Waals surface area contributed by atoms with Crippen LogP contribution >= 0.6 is 23.1 Å². The van der Waals surface area contributed by atoms with Crippen LogP contribution < -0.4 is 5.32 Å². The Morgan fingerprint density at radius 1 is 1.31 bits per heavy atom. The minimum Gasteiger partial charge on any atom is -0.301 e. The summed E-state index contributed by atoms with van der Waals surface area (Å²) in [6, 6.07) is 9.84. The molecule has 0 saturated heterocycles. The summed E-state index contributed by atoms with van der Waals surface area (Å²) in [5.41, 5.74) is 1.92. The fraction of sp³-hybridized carbons (Fsp3) is 0.222. The topological polar surface area (TPSA) is 72.7 Å². The predicted molar refractivity (Wildman–Crippen MR) is 107 cm³/mol. The van der Waals surface area contributed by atoms with Gasteiger partial charge in [0.1, 0.15) is 0 Å². The molecule has 0 saturated carbocycles. The molecule has 3 aromatic rings. The summed E-state index contributed by atoms with van der Waals surface area (Å²) in [4.78, 5) is 17.6. The average molecular weight is 386 g/mol. The second-order valence-corrected chi connectivity index (χ2v) is 7.71. The molecule has 0 aliphatic carbocycles. The van der Waals surface area contributed by atoms with Gasteiger partial charge >= 0.3 is 0 Å². The maximum atomic E-state index is 12.2. The van der Waals surface area contributed by atoms with Crippen LogP contribution in [0.5, 0.6) is 0 Å². The average Bonchev–Trinajstić information content (AvgIpc) is 3.17. The second-order valence-electron chi connectivity index (χ2n) is 5.57. The number of aromatic nitrogens is 4. The number of benzene rings is 1. The quantitative estimate of drug-likeness (QED) is 0.493. The van der Waals surface area contributed by atoms with Gasteiger partial charge in [-0.2, -0.15) is 0 Å². The minimum atomic E-state index is -0.113. The van der Waals surface area contributed by atoms with Crippen molar-refractivity contribution in [2.75, 3.05) is 11.1 Å². The number of allylic oxidation sites excluding steroid dienone is 1. The van der Waals surface area contributed by atoms with E-state index in [-0.39, 0.29) is 11.7 Å². The van der Waals surface area contributed by atoms with Gasteiger partial charge in [0.15, 0.2) is 16.1 Å². The number of hydrogen-bond donors (Lipinski definition) is 1. The summed E-state index contributed by atoms with van der Waals surface area (Å²) >= 11 is 2.83. The van der Waals surface area contributed by atoms with Gasteiger partial charge in [0.05, 0.1) is 11.4 Å². The lowest BCUT2D eigenvalue weighted by atomic mass is 10.2. The zero-order valence-corrected chi connectivity index (χ0v) is 16.2. The molecule has 26 heavy (non-hydrogen) atoms. The third kappa shape index (κ3) is 4.20. The molecule has 134 valence electrons. The van der Waals surface area contributed by atoms with E-state index < -0.39 is 0 Å². The normalized spacial score (nSPS) is 10.7. The smallest absolute Gasteiger partial charge is 0.236 e. The SMILES string of the molecule is C=CCn1c(SCC(=O)Nc2nc(C)c(C)s2)nnc1-c1ccccc1. The summed E-state index contributed by atoms with van der Waals surface area (Å²) in [6.07, 6.45) is 1.79.